The van der Waals surface area contributed by atoms with Crippen LogP contribution >= 0.6 is 0 Å². The highest BCUT2D eigenvalue weighted by Gasteiger charge is 2.33. The van der Waals surface area contributed by atoms with Crippen LogP contribution in [0.4, 0.5) is 5.69 Å². The van der Waals surface area contributed by atoms with Crippen LogP contribution < -0.4 is 10.5 Å². The SMILES string of the molecule is Cc1cccc(-n2nccn2)c1C(=O)N1CC(Oc2nccc(N)c2C)CCC1C. The molecule has 1 fully saturated rings. The van der Waals surface area contributed by atoms with Gasteiger partial charge in [0.05, 0.1) is 30.2 Å². The number of amides is 1. The molecule has 1 amide bonds. The topological polar surface area (TPSA) is 99.2 Å². The molecule has 1 aliphatic rings. The monoisotopic (exact) mass is 406 g/mol. The van der Waals surface area contributed by atoms with Crippen molar-refractivity contribution in [3.8, 4) is 11.6 Å². The van der Waals surface area contributed by atoms with Gasteiger partial charge in [-0.15, -0.1) is 0 Å². The first kappa shape index (κ1) is 19.9. The molecule has 3 heterocycles. The lowest BCUT2D eigenvalue weighted by atomic mass is 9.98. The molecule has 0 saturated carbocycles. The standard InChI is InChI=1S/C22H26N6O2/c1-14-5-4-6-19(28-25-11-12-26-28)20(14)22(29)27-13-17(8-7-15(27)2)30-21-16(3)18(23)9-10-24-21/h4-6,9-12,15,17H,7-8,13H2,1-3H3,(H2,23,24). The first-order chi connectivity index (χ1) is 14.5. The molecule has 8 heteroatoms. The van der Waals surface area contributed by atoms with E-state index in [0.717, 1.165) is 24.0 Å². The summed E-state index contributed by atoms with van der Waals surface area (Å²) in [7, 11) is 0. The van der Waals surface area contributed by atoms with Crippen molar-refractivity contribution in [2.45, 2.75) is 45.8 Å². The van der Waals surface area contributed by atoms with E-state index in [9.17, 15) is 4.79 Å². The molecular formula is C22H26N6O2. The lowest BCUT2D eigenvalue weighted by Gasteiger charge is -2.38. The quantitative estimate of drug-likeness (QED) is 0.715. The van der Waals surface area contributed by atoms with Gasteiger partial charge in [-0.05, 0) is 51.3 Å². The first-order valence-corrected chi connectivity index (χ1v) is 10.1. The lowest BCUT2D eigenvalue weighted by molar-refractivity contribution is 0.0370. The summed E-state index contributed by atoms with van der Waals surface area (Å²) in [4.78, 5) is 21.3. The van der Waals surface area contributed by atoms with Crippen LogP contribution in [0.1, 0.15) is 41.3 Å². The second-order valence-electron chi connectivity index (χ2n) is 7.74. The Labute approximate surface area is 175 Å². The summed E-state index contributed by atoms with van der Waals surface area (Å²) in [5.41, 5.74) is 9.62. The number of ether oxygens (including phenoxy) is 1. The number of rotatable bonds is 4. The van der Waals surface area contributed by atoms with Crippen molar-refractivity contribution in [3.63, 3.8) is 0 Å². The molecule has 2 atom stereocenters. The summed E-state index contributed by atoms with van der Waals surface area (Å²) < 4.78 is 6.15. The zero-order chi connectivity index (χ0) is 21.3. The van der Waals surface area contributed by atoms with Gasteiger partial charge in [-0.2, -0.15) is 15.0 Å². The molecule has 1 aromatic carbocycles. The van der Waals surface area contributed by atoms with Crippen LogP contribution in [0.25, 0.3) is 5.69 Å². The second-order valence-corrected chi connectivity index (χ2v) is 7.74. The van der Waals surface area contributed by atoms with Gasteiger partial charge in [0.1, 0.15) is 6.10 Å². The van der Waals surface area contributed by atoms with Gasteiger partial charge in [-0.25, -0.2) is 4.98 Å². The highest BCUT2D eigenvalue weighted by molar-refractivity contribution is 5.99. The van der Waals surface area contributed by atoms with Gasteiger partial charge < -0.3 is 15.4 Å². The van der Waals surface area contributed by atoms with Crippen molar-refractivity contribution >= 4 is 11.6 Å². The number of nitrogens with two attached hydrogens (primary N) is 1. The number of carbonyl (C=O) groups excluding carboxylic acids is 1. The number of aryl methyl sites for hydroxylation is 1. The summed E-state index contributed by atoms with van der Waals surface area (Å²) >= 11 is 0. The summed E-state index contributed by atoms with van der Waals surface area (Å²) in [6.07, 6.45) is 6.40. The number of nitrogen functional groups attached to an aromatic ring is 1. The Kier molecular flexibility index (Phi) is 5.39. The minimum atomic E-state index is -0.145. The van der Waals surface area contributed by atoms with Crippen molar-refractivity contribution in [2.24, 2.45) is 0 Å². The van der Waals surface area contributed by atoms with Crippen molar-refractivity contribution in [1.82, 2.24) is 24.9 Å². The first-order valence-electron chi connectivity index (χ1n) is 10.1. The van der Waals surface area contributed by atoms with Gasteiger partial charge in [0.15, 0.2) is 0 Å². The van der Waals surface area contributed by atoms with Crippen LogP contribution in [0.5, 0.6) is 5.88 Å². The maximum Gasteiger partial charge on any atom is 0.256 e. The number of anilines is 1. The highest BCUT2D eigenvalue weighted by atomic mass is 16.5. The number of hydrogen-bond donors (Lipinski definition) is 1. The Morgan fingerprint density at radius 3 is 2.67 bits per heavy atom. The maximum atomic E-state index is 13.6. The van der Waals surface area contributed by atoms with E-state index in [1.807, 2.05) is 36.9 Å². The second kappa shape index (κ2) is 8.14. The molecule has 0 aliphatic carbocycles. The number of likely N-dealkylation sites (tertiary alicyclic amines) is 1. The molecule has 0 radical (unpaired) electrons. The van der Waals surface area contributed by atoms with Crippen molar-refractivity contribution in [1.29, 1.82) is 0 Å². The number of hydrogen-bond acceptors (Lipinski definition) is 6. The number of carbonyl (C=O) groups is 1. The van der Waals surface area contributed by atoms with E-state index in [1.165, 1.54) is 4.80 Å². The summed E-state index contributed by atoms with van der Waals surface area (Å²) in [5.74, 6) is 0.484. The third kappa shape index (κ3) is 3.72. The highest BCUT2D eigenvalue weighted by Crippen LogP contribution is 2.28. The molecule has 1 aliphatic heterocycles. The van der Waals surface area contributed by atoms with E-state index < -0.39 is 0 Å². The predicted octanol–water partition coefficient (Wildman–Crippen LogP) is 2.93. The molecule has 3 aromatic rings. The molecule has 0 bridgehead atoms. The van der Waals surface area contributed by atoms with Crippen LogP contribution in [0.3, 0.4) is 0 Å². The van der Waals surface area contributed by atoms with E-state index in [0.29, 0.717) is 29.4 Å². The molecular weight excluding hydrogens is 380 g/mol. The average molecular weight is 406 g/mol. The molecule has 2 aromatic heterocycles. The number of pyridine rings is 1. The van der Waals surface area contributed by atoms with Crippen molar-refractivity contribution in [2.75, 3.05) is 12.3 Å². The van der Waals surface area contributed by atoms with E-state index >= 15 is 0 Å². The number of nitrogens with zero attached hydrogens (tertiary/aromatic N) is 5. The number of aromatic nitrogens is 4. The third-order valence-electron chi connectivity index (χ3n) is 5.68. The smallest absolute Gasteiger partial charge is 0.256 e. The van der Waals surface area contributed by atoms with Gasteiger partial charge in [-0.1, -0.05) is 12.1 Å². The van der Waals surface area contributed by atoms with Crippen molar-refractivity contribution in [3.05, 3.63) is 59.5 Å². The Morgan fingerprint density at radius 1 is 1.13 bits per heavy atom. The molecule has 2 N–H and O–H groups in total. The van der Waals surface area contributed by atoms with E-state index in [1.54, 1.807) is 24.7 Å². The minimum Gasteiger partial charge on any atom is -0.472 e. The van der Waals surface area contributed by atoms with Gasteiger partial charge >= 0.3 is 0 Å². The van der Waals surface area contributed by atoms with Crippen LogP contribution in [0, 0.1) is 13.8 Å². The van der Waals surface area contributed by atoms with Crippen LogP contribution in [0.2, 0.25) is 0 Å². The Morgan fingerprint density at radius 2 is 1.90 bits per heavy atom. The zero-order valence-electron chi connectivity index (χ0n) is 17.4. The molecule has 1 saturated heterocycles. The molecule has 8 nitrogen and oxygen atoms in total. The number of benzene rings is 1. The molecule has 4 rings (SSSR count). The molecule has 30 heavy (non-hydrogen) atoms. The molecule has 2 unspecified atom stereocenters. The zero-order valence-corrected chi connectivity index (χ0v) is 17.4. The van der Waals surface area contributed by atoms with Crippen LogP contribution in [-0.4, -0.2) is 49.5 Å². The van der Waals surface area contributed by atoms with E-state index in [4.69, 9.17) is 10.5 Å². The van der Waals surface area contributed by atoms with Gasteiger partial charge in [0.25, 0.3) is 5.91 Å². The summed E-state index contributed by atoms with van der Waals surface area (Å²) in [6.45, 7) is 6.38. The molecule has 0 spiro atoms. The Balaban J connectivity index is 1.60. The fraction of sp³-hybridized carbons (Fsp3) is 0.364. The fourth-order valence-electron chi connectivity index (χ4n) is 3.84. The lowest BCUT2D eigenvalue weighted by Crippen LogP contribution is -2.49. The summed E-state index contributed by atoms with van der Waals surface area (Å²) in [6, 6.07) is 7.56. The average Bonchev–Trinajstić information content (AvgIpc) is 3.27. The maximum absolute atomic E-state index is 13.6. The number of piperidine rings is 1. The van der Waals surface area contributed by atoms with Gasteiger partial charge in [0, 0.05) is 23.5 Å². The van der Waals surface area contributed by atoms with Crippen LogP contribution in [-0.2, 0) is 0 Å². The van der Waals surface area contributed by atoms with Gasteiger partial charge in [-0.3, -0.25) is 4.79 Å². The van der Waals surface area contributed by atoms with Crippen LogP contribution in [0.15, 0.2) is 42.9 Å². The molecule has 156 valence electrons. The Hall–Kier alpha value is -3.42. The fourth-order valence-corrected chi connectivity index (χ4v) is 3.84. The van der Waals surface area contributed by atoms with Crippen molar-refractivity contribution < 1.29 is 9.53 Å². The largest absolute Gasteiger partial charge is 0.472 e. The van der Waals surface area contributed by atoms with E-state index in [2.05, 4.69) is 22.1 Å². The third-order valence-corrected chi connectivity index (χ3v) is 5.68. The predicted molar refractivity (Wildman–Crippen MR) is 114 cm³/mol. The van der Waals surface area contributed by atoms with Gasteiger partial charge in [0.2, 0.25) is 5.88 Å². The summed E-state index contributed by atoms with van der Waals surface area (Å²) in [5, 5.41) is 8.43. The Bertz CT molecular complexity index is 1050. The minimum absolute atomic E-state index is 0.0431. The van der Waals surface area contributed by atoms with E-state index in [-0.39, 0.29) is 18.1 Å². The normalized spacial score (nSPS) is 19.0.